The van der Waals surface area contributed by atoms with Crippen LogP contribution in [0.1, 0.15) is 31.4 Å². The van der Waals surface area contributed by atoms with Gasteiger partial charge in [-0.05, 0) is 24.8 Å². The van der Waals surface area contributed by atoms with Crippen molar-refractivity contribution in [3.05, 3.63) is 42.0 Å². The van der Waals surface area contributed by atoms with E-state index in [4.69, 9.17) is 14.9 Å². The van der Waals surface area contributed by atoms with Crippen LogP contribution in [0.15, 0.2) is 36.4 Å². The van der Waals surface area contributed by atoms with E-state index in [-0.39, 0.29) is 19.1 Å². The highest BCUT2D eigenvalue weighted by Gasteiger charge is 2.19. The number of allylic oxidation sites excluding steroid dienone is 1. The minimum absolute atomic E-state index is 0.0395. The van der Waals surface area contributed by atoms with Gasteiger partial charge < -0.3 is 20.1 Å². The fourth-order valence-electron chi connectivity index (χ4n) is 2.02. The normalized spacial score (nSPS) is 14.0. The molecule has 1 aromatic rings. The van der Waals surface area contributed by atoms with E-state index in [9.17, 15) is 9.90 Å². The first kappa shape index (κ1) is 17.2. The molecule has 0 unspecified atom stereocenters. The Kier molecular flexibility index (Phi) is 7.50. The summed E-state index contributed by atoms with van der Waals surface area (Å²) in [5, 5.41) is 27.7. The van der Waals surface area contributed by atoms with Crippen molar-refractivity contribution in [3.8, 4) is 5.75 Å². The smallest absolute Gasteiger partial charge is 0.327 e. The zero-order valence-corrected chi connectivity index (χ0v) is 12.1. The number of carboxylic acids is 1. The standard InChI is InChI=1S/C16H22O5/c1-12(6-2-5-9-15(18)19)16(20)13-7-3-4-8-14(13)21-11-10-17/h3-5,7-9,12,16-17,20H,2,6,10-11H2,1H3,(H,18,19)/b9-5+/t12-,16+/m1/s1. The Morgan fingerprint density at radius 3 is 2.76 bits per heavy atom. The average molecular weight is 294 g/mol. The number of hydrogen-bond acceptors (Lipinski definition) is 4. The van der Waals surface area contributed by atoms with Gasteiger partial charge in [-0.15, -0.1) is 0 Å². The van der Waals surface area contributed by atoms with Gasteiger partial charge in [-0.25, -0.2) is 4.79 Å². The number of carbonyl (C=O) groups is 1. The van der Waals surface area contributed by atoms with Gasteiger partial charge in [-0.1, -0.05) is 31.2 Å². The van der Waals surface area contributed by atoms with Crippen molar-refractivity contribution < 1.29 is 24.9 Å². The summed E-state index contributed by atoms with van der Waals surface area (Å²) in [5.41, 5.74) is 0.681. The molecule has 0 aliphatic rings. The molecule has 3 N–H and O–H groups in total. The second kappa shape index (κ2) is 9.15. The summed E-state index contributed by atoms with van der Waals surface area (Å²) in [5.74, 6) is -0.444. The zero-order chi connectivity index (χ0) is 15.7. The number of aliphatic carboxylic acids is 1. The fraction of sp³-hybridized carbons (Fsp3) is 0.438. The summed E-state index contributed by atoms with van der Waals surface area (Å²) < 4.78 is 5.41. The van der Waals surface area contributed by atoms with Crippen LogP contribution in [-0.4, -0.2) is 34.5 Å². The molecule has 2 atom stereocenters. The molecule has 5 heteroatoms. The molecule has 0 aromatic heterocycles. The Morgan fingerprint density at radius 1 is 1.38 bits per heavy atom. The molecule has 0 bridgehead atoms. The van der Waals surface area contributed by atoms with E-state index in [1.54, 1.807) is 18.2 Å². The van der Waals surface area contributed by atoms with Crippen molar-refractivity contribution in [2.24, 2.45) is 5.92 Å². The van der Waals surface area contributed by atoms with E-state index in [0.717, 1.165) is 6.08 Å². The van der Waals surface area contributed by atoms with E-state index in [1.807, 2.05) is 19.1 Å². The number of aliphatic hydroxyl groups excluding tert-OH is 2. The third kappa shape index (κ3) is 5.97. The Morgan fingerprint density at radius 2 is 2.10 bits per heavy atom. The van der Waals surface area contributed by atoms with Gasteiger partial charge in [0.2, 0.25) is 0 Å². The Balaban J connectivity index is 2.64. The molecule has 0 saturated carbocycles. The van der Waals surface area contributed by atoms with Gasteiger partial charge in [0.1, 0.15) is 12.4 Å². The number of benzene rings is 1. The molecule has 0 amide bonds. The topological polar surface area (TPSA) is 87.0 Å². The first-order valence-corrected chi connectivity index (χ1v) is 6.96. The second-order valence-electron chi connectivity index (χ2n) is 4.85. The van der Waals surface area contributed by atoms with Gasteiger partial charge in [0, 0.05) is 11.6 Å². The van der Waals surface area contributed by atoms with E-state index in [0.29, 0.717) is 24.2 Å². The Hall–Kier alpha value is -1.85. The lowest BCUT2D eigenvalue weighted by molar-refractivity contribution is -0.131. The van der Waals surface area contributed by atoms with Gasteiger partial charge in [-0.3, -0.25) is 0 Å². The molecule has 0 radical (unpaired) electrons. The molecular weight excluding hydrogens is 272 g/mol. The van der Waals surface area contributed by atoms with Gasteiger partial charge in [0.25, 0.3) is 0 Å². The Labute approximate surface area is 124 Å². The van der Waals surface area contributed by atoms with Crippen molar-refractivity contribution in [1.82, 2.24) is 0 Å². The molecule has 0 saturated heterocycles. The summed E-state index contributed by atoms with van der Waals surface area (Å²) in [4.78, 5) is 10.4. The van der Waals surface area contributed by atoms with Crippen LogP contribution in [0.4, 0.5) is 0 Å². The maximum atomic E-state index is 10.4. The van der Waals surface area contributed by atoms with Crippen molar-refractivity contribution in [1.29, 1.82) is 0 Å². The molecule has 1 rings (SSSR count). The van der Waals surface area contributed by atoms with Crippen molar-refractivity contribution in [3.63, 3.8) is 0 Å². The summed E-state index contributed by atoms with van der Waals surface area (Å²) in [6, 6.07) is 7.18. The number of rotatable bonds is 9. The Bertz CT molecular complexity index is 469. The van der Waals surface area contributed by atoms with Gasteiger partial charge in [0.05, 0.1) is 12.7 Å². The first-order valence-electron chi connectivity index (χ1n) is 6.96. The SMILES string of the molecule is C[C@H](CC/C=C/C(=O)O)[C@H](O)c1ccccc1OCCO. The first-order chi connectivity index (χ1) is 10.1. The third-order valence-electron chi connectivity index (χ3n) is 3.17. The number of aliphatic hydroxyl groups is 2. The molecule has 21 heavy (non-hydrogen) atoms. The lowest BCUT2D eigenvalue weighted by Crippen LogP contribution is -2.12. The van der Waals surface area contributed by atoms with Crippen LogP contribution in [0.5, 0.6) is 5.75 Å². The summed E-state index contributed by atoms with van der Waals surface area (Å²) in [7, 11) is 0. The molecule has 0 fully saturated rings. The maximum absolute atomic E-state index is 10.4. The quantitative estimate of drug-likeness (QED) is 0.607. The van der Waals surface area contributed by atoms with Crippen LogP contribution < -0.4 is 4.74 Å². The number of hydrogen-bond donors (Lipinski definition) is 3. The number of ether oxygens (including phenoxy) is 1. The van der Waals surface area contributed by atoms with E-state index in [1.165, 1.54) is 0 Å². The largest absolute Gasteiger partial charge is 0.491 e. The van der Waals surface area contributed by atoms with Crippen LogP contribution in [0.3, 0.4) is 0 Å². The predicted molar refractivity (Wildman–Crippen MR) is 79.2 cm³/mol. The second-order valence-corrected chi connectivity index (χ2v) is 4.85. The summed E-state index contributed by atoms with van der Waals surface area (Å²) >= 11 is 0. The molecule has 0 spiro atoms. The molecule has 1 aromatic carbocycles. The van der Waals surface area contributed by atoms with Gasteiger partial charge in [-0.2, -0.15) is 0 Å². The predicted octanol–water partition coefficient (Wildman–Crippen LogP) is 2.15. The lowest BCUT2D eigenvalue weighted by atomic mass is 9.92. The van der Waals surface area contributed by atoms with Crippen molar-refractivity contribution in [2.45, 2.75) is 25.9 Å². The zero-order valence-electron chi connectivity index (χ0n) is 12.1. The molecule has 0 heterocycles. The molecular formula is C16H22O5. The monoisotopic (exact) mass is 294 g/mol. The third-order valence-corrected chi connectivity index (χ3v) is 3.17. The minimum Gasteiger partial charge on any atom is -0.491 e. The summed E-state index contributed by atoms with van der Waals surface area (Å²) in [6.07, 6.45) is 3.25. The van der Waals surface area contributed by atoms with Crippen LogP contribution >= 0.6 is 0 Å². The van der Waals surface area contributed by atoms with E-state index in [2.05, 4.69) is 0 Å². The number of carboxylic acid groups (broad SMARTS) is 1. The van der Waals surface area contributed by atoms with Gasteiger partial charge >= 0.3 is 5.97 Å². The average Bonchev–Trinajstić information content (AvgIpc) is 2.48. The van der Waals surface area contributed by atoms with Crippen molar-refractivity contribution >= 4 is 5.97 Å². The highest BCUT2D eigenvalue weighted by molar-refractivity contribution is 5.79. The van der Waals surface area contributed by atoms with Crippen LogP contribution in [-0.2, 0) is 4.79 Å². The van der Waals surface area contributed by atoms with E-state index < -0.39 is 12.1 Å². The highest BCUT2D eigenvalue weighted by atomic mass is 16.5. The molecule has 0 aliphatic heterocycles. The van der Waals surface area contributed by atoms with E-state index >= 15 is 0 Å². The molecule has 116 valence electrons. The van der Waals surface area contributed by atoms with Gasteiger partial charge in [0.15, 0.2) is 0 Å². The van der Waals surface area contributed by atoms with Crippen LogP contribution in [0.2, 0.25) is 0 Å². The lowest BCUT2D eigenvalue weighted by Gasteiger charge is -2.21. The number of para-hydroxylation sites is 1. The molecule has 5 nitrogen and oxygen atoms in total. The van der Waals surface area contributed by atoms with Crippen molar-refractivity contribution in [2.75, 3.05) is 13.2 Å². The fourth-order valence-corrected chi connectivity index (χ4v) is 2.02. The van der Waals surface area contributed by atoms with Crippen LogP contribution in [0.25, 0.3) is 0 Å². The summed E-state index contributed by atoms with van der Waals surface area (Å²) in [6.45, 7) is 2.00. The highest BCUT2D eigenvalue weighted by Crippen LogP contribution is 2.32. The maximum Gasteiger partial charge on any atom is 0.327 e. The minimum atomic E-state index is -0.967. The van der Waals surface area contributed by atoms with Crippen LogP contribution in [0, 0.1) is 5.92 Å². The molecule has 0 aliphatic carbocycles.